The lowest BCUT2D eigenvalue weighted by Gasteiger charge is -2.21. The fraction of sp³-hybridized carbons (Fsp3) is 0.500. The Morgan fingerprint density at radius 3 is 2.29 bits per heavy atom. The third-order valence-corrected chi connectivity index (χ3v) is 4.66. The van der Waals surface area contributed by atoms with Crippen LogP contribution in [-0.4, -0.2) is 25.9 Å². The number of benzene rings is 1. The summed E-state index contributed by atoms with van der Waals surface area (Å²) in [4.78, 5) is 0. The van der Waals surface area contributed by atoms with Crippen molar-refractivity contribution >= 4 is 10.0 Å². The van der Waals surface area contributed by atoms with Gasteiger partial charge in [-0.15, -0.1) is 0 Å². The molecule has 21 heavy (non-hydrogen) atoms. The van der Waals surface area contributed by atoms with Crippen LogP contribution >= 0.6 is 0 Å². The first kappa shape index (κ1) is 17.7. The molecule has 1 rings (SSSR count). The molecule has 0 saturated heterocycles. The number of hydrogen-bond acceptors (Lipinski definition) is 3. The normalized spacial score (nSPS) is 13.4. The maximum Gasteiger partial charge on any atom is 0.212 e. The van der Waals surface area contributed by atoms with Gasteiger partial charge in [-0.3, -0.25) is 0 Å². The Kier molecular flexibility index (Phi) is 5.97. The molecule has 0 radical (unpaired) electrons. The maximum atomic E-state index is 12.1. The van der Waals surface area contributed by atoms with Gasteiger partial charge in [0.15, 0.2) is 0 Å². The first-order valence-electron chi connectivity index (χ1n) is 6.83. The van der Waals surface area contributed by atoms with Gasteiger partial charge in [0, 0.05) is 11.6 Å². The van der Waals surface area contributed by atoms with Gasteiger partial charge in [-0.2, -0.15) is 0 Å². The first-order chi connectivity index (χ1) is 9.63. The van der Waals surface area contributed by atoms with Gasteiger partial charge in [-0.05, 0) is 30.0 Å². The highest BCUT2D eigenvalue weighted by Crippen LogP contribution is 2.19. The van der Waals surface area contributed by atoms with Crippen molar-refractivity contribution in [3.63, 3.8) is 0 Å². The topological polar surface area (TPSA) is 66.4 Å². The highest BCUT2D eigenvalue weighted by atomic mass is 32.2. The van der Waals surface area contributed by atoms with E-state index < -0.39 is 10.0 Å². The van der Waals surface area contributed by atoms with Crippen molar-refractivity contribution < 1.29 is 13.5 Å². The molecule has 2 N–H and O–H groups in total. The molecule has 1 unspecified atom stereocenters. The van der Waals surface area contributed by atoms with Crippen molar-refractivity contribution in [3.05, 3.63) is 35.4 Å². The highest BCUT2D eigenvalue weighted by molar-refractivity contribution is 7.89. The van der Waals surface area contributed by atoms with Gasteiger partial charge in [0.05, 0.1) is 5.75 Å². The number of hydrogen-bond donors (Lipinski definition) is 2. The fourth-order valence-electron chi connectivity index (χ4n) is 1.95. The van der Waals surface area contributed by atoms with Crippen LogP contribution in [0.1, 0.15) is 44.9 Å². The summed E-state index contributed by atoms with van der Waals surface area (Å²) in [6.45, 7) is 7.32. The summed E-state index contributed by atoms with van der Waals surface area (Å²) in [7, 11) is -3.32. The number of aliphatic hydroxyl groups excluding tert-OH is 1. The minimum absolute atomic E-state index is 0.0877. The number of rotatable bonds is 4. The smallest absolute Gasteiger partial charge is 0.212 e. The van der Waals surface area contributed by atoms with E-state index >= 15 is 0 Å². The van der Waals surface area contributed by atoms with E-state index in [1.54, 1.807) is 0 Å². The molecule has 0 spiro atoms. The Hall–Kier alpha value is -1.35. The molecular formula is C16H23NO3S. The van der Waals surface area contributed by atoms with E-state index in [1.807, 2.05) is 52.0 Å². The molecule has 5 heteroatoms. The quantitative estimate of drug-likeness (QED) is 0.837. The molecule has 0 saturated carbocycles. The number of nitrogens with one attached hydrogen (secondary N) is 1. The summed E-state index contributed by atoms with van der Waals surface area (Å²) in [5.41, 5.74) is 1.38. The Bertz CT molecular complexity index is 616. The van der Waals surface area contributed by atoms with Crippen LogP contribution in [0, 0.1) is 17.3 Å². The van der Waals surface area contributed by atoms with Gasteiger partial charge < -0.3 is 5.11 Å². The predicted molar refractivity (Wildman–Crippen MR) is 85.2 cm³/mol. The maximum absolute atomic E-state index is 12.1. The zero-order valence-electron chi connectivity index (χ0n) is 13.0. The molecule has 116 valence electrons. The van der Waals surface area contributed by atoms with Gasteiger partial charge in [0.2, 0.25) is 10.0 Å². The van der Waals surface area contributed by atoms with E-state index in [1.165, 1.54) is 0 Å². The van der Waals surface area contributed by atoms with Crippen LogP contribution in [0.5, 0.6) is 0 Å². The van der Waals surface area contributed by atoms with Crippen molar-refractivity contribution in [1.29, 1.82) is 0 Å². The number of sulfonamides is 1. The lowest BCUT2D eigenvalue weighted by atomic mass is 10.0. The van der Waals surface area contributed by atoms with E-state index in [4.69, 9.17) is 5.11 Å². The van der Waals surface area contributed by atoms with Crippen LogP contribution in [0.4, 0.5) is 0 Å². The third kappa shape index (κ3) is 6.76. The zero-order chi connectivity index (χ0) is 16.1. The van der Waals surface area contributed by atoms with Gasteiger partial charge in [0.1, 0.15) is 6.61 Å². The Morgan fingerprint density at radius 2 is 1.81 bits per heavy atom. The van der Waals surface area contributed by atoms with Crippen LogP contribution < -0.4 is 4.72 Å². The van der Waals surface area contributed by atoms with Gasteiger partial charge in [-0.1, -0.05) is 44.7 Å². The summed E-state index contributed by atoms with van der Waals surface area (Å²) in [5.74, 6) is 5.46. The molecule has 0 aliphatic heterocycles. The van der Waals surface area contributed by atoms with Crippen molar-refractivity contribution in [3.8, 4) is 11.8 Å². The average Bonchev–Trinajstić information content (AvgIpc) is 2.33. The summed E-state index contributed by atoms with van der Waals surface area (Å²) in [6, 6.07) is 7.01. The van der Waals surface area contributed by atoms with Crippen molar-refractivity contribution in [2.24, 2.45) is 5.41 Å². The summed E-state index contributed by atoms with van der Waals surface area (Å²) >= 11 is 0. The van der Waals surface area contributed by atoms with Crippen LogP contribution in [0.3, 0.4) is 0 Å². The zero-order valence-corrected chi connectivity index (χ0v) is 13.8. The van der Waals surface area contributed by atoms with E-state index in [-0.39, 0.29) is 23.8 Å². The van der Waals surface area contributed by atoms with Gasteiger partial charge >= 0.3 is 0 Å². The molecule has 0 aromatic heterocycles. The van der Waals surface area contributed by atoms with Crippen molar-refractivity contribution in [1.82, 2.24) is 4.72 Å². The van der Waals surface area contributed by atoms with E-state index in [9.17, 15) is 8.42 Å². The second-order valence-corrected chi connectivity index (χ2v) is 8.00. The second-order valence-electron chi connectivity index (χ2n) is 6.24. The van der Waals surface area contributed by atoms with E-state index in [0.717, 1.165) is 11.1 Å². The molecule has 4 nitrogen and oxygen atoms in total. The molecule has 0 aliphatic carbocycles. The second kappa shape index (κ2) is 7.08. The molecule has 0 heterocycles. The monoisotopic (exact) mass is 309 g/mol. The standard InChI is InChI=1S/C16H23NO3S/c1-13(17-21(19,20)12-16(2,3)4)15-9-7-14(8-10-15)6-5-11-18/h7-10,13,17-18H,11-12H2,1-4H3. The Morgan fingerprint density at radius 1 is 1.24 bits per heavy atom. The van der Waals surface area contributed by atoms with E-state index in [2.05, 4.69) is 16.6 Å². The average molecular weight is 309 g/mol. The molecule has 1 aromatic carbocycles. The Labute approximate surface area is 127 Å². The highest BCUT2D eigenvalue weighted by Gasteiger charge is 2.23. The van der Waals surface area contributed by atoms with Crippen LogP contribution in [0.15, 0.2) is 24.3 Å². The van der Waals surface area contributed by atoms with Crippen molar-refractivity contribution in [2.45, 2.75) is 33.7 Å². The van der Waals surface area contributed by atoms with Crippen molar-refractivity contribution in [2.75, 3.05) is 12.4 Å². The number of aliphatic hydroxyl groups is 1. The summed E-state index contributed by atoms with van der Waals surface area (Å²) < 4.78 is 26.8. The molecule has 0 bridgehead atoms. The van der Waals surface area contributed by atoms with Gasteiger partial charge in [0.25, 0.3) is 0 Å². The lowest BCUT2D eigenvalue weighted by molar-refractivity contribution is 0.350. The molecule has 1 aromatic rings. The molecular weight excluding hydrogens is 286 g/mol. The van der Waals surface area contributed by atoms with Gasteiger partial charge in [-0.25, -0.2) is 13.1 Å². The lowest BCUT2D eigenvalue weighted by Crippen LogP contribution is -2.34. The molecule has 0 amide bonds. The molecule has 0 aliphatic rings. The minimum Gasteiger partial charge on any atom is -0.384 e. The van der Waals surface area contributed by atoms with Crippen LogP contribution in [0.25, 0.3) is 0 Å². The molecule has 0 fully saturated rings. The Balaban J connectivity index is 2.78. The fourth-order valence-corrected chi connectivity index (χ4v) is 3.84. The third-order valence-electron chi connectivity index (χ3n) is 2.70. The van der Waals surface area contributed by atoms with Crippen LogP contribution in [0.2, 0.25) is 0 Å². The predicted octanol–water partition coefficient (Wildman–Crippen LogP) is 2.06. The van der Waals surface area contributed by atoms with E-state index in [0.29, 0.717) is 0 Å². The first-order valence-corrected chi connectivity index (χ1v) is 8.48. The van der Waals surface area contributed by atoms with Crippen LogP contribution in [-0.2, 0) is 10.0 Å². The summed E-state index contributed by atoms with van der Waals surface area (Å²) in [5, 5.41) is 8.64. The largest absolute Gasteiger partial charge is 0.384 e. The molecule has 1 atom stereocenters. The SMILES string of the molecule is CC(NS(=O)(=O)CC(C)(C)C)c1ccc(C#CCO)cc1. The minimum atomic E-state index is -3.32. The summed E-state index contributed by atoms with van der Waals surface area (Å²) in [6.07, 6.45) is 0.